The van der Waals surface area contributed by atoms with Gasteiger partial charge >= 0.3 is 0 Å². The van der Waals surface area contributed by atoms with Gasteiger partial charge in [-0.1, -0.05) is 19.8 Å². The van der Waals surface area contributed by atoms with E-state index in [1.807, 2.05) is 0 Å². The number of rotatable bonds is 4. The summed E-state index contributed by atoms with van der Waals surface area (Å²) in [6.45, 7) is 2.16. The molecule has 0 heterocycles. The summed E-state index contributed by atoms with van der Waals surface area (Å²) in [6.07, 6.45) is 4.45. The van der Waals surface area contributed by atoms with Crippen molar-refractivity contribution < 1.29 is 0 Å². The number of unbranched alkanes of at least 4 members (excludes halogenated alkanes) is 2. The van der Waals surface area contributed by atoms with Gasteiger partial charge in [-0.15, -0.1) is 25.3 Å². The van der Waals surface area contributed by atoms with Crippen molar-refractivity contribution in [2.75, 3.05) is 0 Å². The van der Waals surface area contributed by atoms with Crippen LogP contribution >= 0.6 is 25.3 Å². The van der Waals surface area contributed by atoms with E-state index in [0.29, 0.717) is 0 Å². The minimum absolute atomic E-state index is 0.560. The number of hydrogen-bond acceptors (Lipinski definition) is 3. The molecule has 0 atom stereocenters. The summed E-state index contributed by atoms with van der Waals surface area (Å²) in [5.41, 5.74) is 5.50. The monoisotopic (exact) mass is 165 g/mol. The highest BCUT2D eigenvalue weighted by molar-refractivity contribution is 8.00. The molecule has 0 spiro atoms. The zero-order chi connectivity index (χ0) is 7.33. The van der Waals surface area contributed by atoms with Gasteiger partial charge in [0.1, 0.15) is 4.20 Å². The molecule has 0 aromatic carbocycles. The van der Waals surface area contributed by atoms with Crippen LogP contribution in [0.25, 0.3) is 0 Å². The zero-order valence-corrected chi connectivity index (χ0v) is 7.59. The van der Waals surface area contributed by atoms with Crippen molar-refractivity contribution in [3.8, 4) is 0 Å². The first-order valence-corrected chi connectivity index (χ1v) is 4.19. The first-order chi connectivity index (χ1) is 4.06. The highest BCUT2D eigenvalue weighted by Crippen LogP contribution is 2.19. The lowest BCUT2D eigenvalue weighted by molar-refractivity contribution is 0.637. The Labute approximate surface area is 68.2 Å². The molecule has 1 nitrogen and oxygen atoms in total. The lowest BCUT2D eigenvalue weighted by atomic mass is 10.2. The Morgan fingerprint density at radius 3 is 2.22 bits per heavy atom. The van der Waals surface area contributed by atoms with Gasteiger partial charge in [-0.05, 0) is 12.8 Å². The van der Waals surface area contributed by atoms with Crippen LogP contribution in [0.2, 0.25) is 0 Å². The maximum Gasteiger partial charge on any atom is 0.103 e. The summed E-state index contributed by atoms with van der Waals surface area (Å²) < 4.78 is -0.560. The standard InChI is InChI=1S/C6H15NS2/c1-2-3-4-5-6(7,8)9/h8-9H,2-5,7H2,1H3. The van der Waals surface area contributed by atoms with Gasteiger partial charge in [0.05, 0.1) is 0 Å². The van der Waals surface area contributed by atoms with E-state index < -0.39 is 4.20 Å². The Balaban J connectivity index is 3.07. The Morgan fingerprint density at radius 2 is 1.89 bits per heavy atom. The van der Waals surface area contributed by atoms with Gasteiger partial charge in [-0.2, -0.15) is 0 Å². The van der Waals surface area contributed by atoms with Crippen LogP contribution in [0.4, 0.5) is 0 Å². The van der Waals surface area contributed by atoms with Crippen molar-refractivity contribution in [1.82, 2.24) is 0 Å². The van der Waals surface area contributed by atoms with E-state index in [1.165, 1.54) is 12.8 Å². The fourth-order valence-electron chi connectivity index (χ4n) is 0.635. The average molecular weight is 165 g/mol. The van der Waals surface area contributed by atoms with Gasteiger partial charge in [0.25, 0.3) is 0 Å². The predicted molar refractivity (Wildman–Crippen MR) is 49.0 cm³/mol. The molecule has 0 aromatic rings. The molecule has 0 amide bonds. The molecule has 3 heteroatoms. The molecule has 0 radical (unpaired) electrons. The van der Waals surface area contributed by atoms with Gasteiger partial charge in [-0.3, -0.25) is 0 Å². The normalized spacial score (nSPS) is 12.0. The fraction of sp³-hybridized carbons (Fsp3) is 1.00. The van der Waals surface area contributed by atoms with Crippen LogP contribution in [0, 0.1) is 0 Å². The van der Waals surface area contributed by atoms with E-state index in [1.54, 1.807) is 0 Å². The number of hydrogen-bond donors (Lipinski definition) is 3. The second kappa shape index (κ2) is 4.47. The Hall–Kier alpha value is 0.660. The van der Waals surface area contributed by atoms with E-state index in [2.05, 4.69) is 32.2 Å². The van der Waals surface area contributed by atoms with Gasteiger partial charge < -0.3 is 5.73 Å². The molecular formula is C6H15NS2. The van der Waals surface area contributed by atoms with Crippen LogP contribution in [0.5, 0.6) is 0 Å². The first kappa shape index (κ1) is 9.66. The molecule has 56 valence electrons. The van der Waals surface area contributed by atoms with Crippen molar-refractivity contribution in [3.05, 3.63) is 0 Å². The van der Waals surface area contributed by atoms with Crippen LogP contribution in [0.1, 0.15) is 32.6 Å². The van der Waals surface area contributed by atoms with E-state index in [0.717, 1.165) is 12.8 Å². The molecule has 0 bridgehead atoms. The maximum absolute atomic E-state index is 5.50. The predicted octanol–water partition coefficient (Wildman–Crippen LogP) is 2.04. The van der Waals surface area contributed by atoms with Crippen molar-refractivity contribution in [2.45, 2.75) is 36.8 Å². The maximum atomic E-state index is 5.50. The number of nitrogens with two attached hydrogens (primary N) is 1. The quantitative estimate of drug-likeness (QED) is 0.332. The molecule has 0 aliphatic carbocycles. The average Bonchev–Trinajstić information content (AvgIpc) is 1.63. The molecule has 0 aliphatic heterocycles. The summed E-state index contributed by atoms with van der Waals surface area (Å²) in [7, 11) is 0. The second-order valence-electron chi connectivity index (χ2n) is 2.34. The SMILES string of the molecule is CCCCCC(N)(S)S. The molecule has 0 unspecified atom stereocenters. The molecule has 0 rings (SSSR count). The van der Waals surface area contributed by atoms with Gasteiger partial charge in [-0.25, -0.2) is 0 Å². The van der Waals surface area contributed by atoms with E-state index >= 15 is 0 Å². The van der Waals surface area contributed by atoms with Crippen LogP contribution in [0.3, 0.4) is 0 Å². The summed E-state index contributed by atoms with van der Waals surface area (Å²) in [5.74, 6) is 0. The van der Waals surface area contributed by atoms with Crippen molar-refractivity contribution in [1.29, 1.82) is 0 Å². The highest BCUT2D eigenvalue weighted by Gasteiger charge is 2.10. The molecule has 2 N–H and O–H groups in total. The topological polar surface area (TPSA) is 26.0 Å². The Kier molecular flexibility index (Phi) is 4.80. The molecule has 9 heavy (non-hydrogen) atoms. The molecule has 0 aromatic heterocycles. The van der Waals surface area contributed by atoms with E-state index in [-0.39, 0.29) is 0 Å². The van der Waals surface area contributed by atoms with Crippen molar-refractivity contribution in [3.63, 3.8) is 0 Å². The summed E-state index contributed by atoms with van der Waals surface area (Å²) in [4.78, 5) is 0. The van der Waals surface area contributed by atoms with Crippen LogP contribution < -0.4 is 5.73 Å². The Morgan fingerprint density at radius 1 is 1.33 bits per heavy atom. The molecule has 0 aliphatic rings. The van der Waals surface area contributed by atoms with Crippen LogP contribution in [-0.4, -0.2) is 4.20 Å². The minimum atomic E-state index is -0.560. The second-order valence-corrected chi connectivity index (χ2v) is 4.28. The number of thiol groups is 2. The van der Waals surface area contributed by atoms with Crippen molar-refractivity contribution >= 4 is 25.3 Å². The minimum Gasteiger partial charge on any atom is -0.309 e. The van der Waals surface area contributed by atoms with Gasteiger partial charge in [0.2, 0.25) is 0 Å². The van der Waals surface area contributed by atoms with Gasteiger partial charge in [0, 0.05) is 0 Å². The van der Waals surface area contributed by atoms with E-state index in [9.17, 15) is 0 Å². The van der Waals surface area contributed by atoms with Crippen molar-refractivity contribution in [2.24, 2.45) is 5.73 Å². The third-order valence-corrected chi connectivity index (χ3v) is 1.60. The third-order valence-electron chi connectivity index (χ3n) is 1.15. The lowest BCUT2D eigenvalue weighted by Crippen LogP contribution is -2.25. The largest absolute Gasteiger partial charge is 0.309 e. The van der Waals surface area contributed by atoms with Crippen LogP contribution in [0.15, 0.2) is 0 Å². The Bertz CT molecular complexity index is 67.9. The summed E-state index contributed by atoms with van der Waals surface area (Å²) >= 11 is 8.14. The first-order valence-electron chi connectivity index (χ1n) is 3.30. The summed E-state index contributed by atoms with van der Waals surface area (Å²) in [5, 5.41) is 0. The summed E-state index contributed by atoms with van der Waals surface area (Å²) in [6, 6.07) is 0. The molecule has 0 fully saturated rings. The molecule has 0 saturated carbocycles. The van der Waals surface area contributed by atoms with Crippen LogP contribution in [-0.2, 0) is 0 Å². The lowest BCUT2D eigenvalue weighted by Gasteiger charge is -2.14. The molecular weight excluding hydrogens is 150 g/mol. The molecule has 0 saturated heterocycles. The third kappa shape index (κ3) is 8.66. The van der Waals surface area contributed by atoms with Gasteiger partial charge in [0.15, 0.2) is 0 Å². The zero-order valence-electron chi connectivity index (χ0n) is 5.80. The fourth-order valence-corrected chi connectivity index (χ4v) is 0.951. The smallest absolute Gasteiger partial charge is 0.103 e. The highest BCUT2D eigenvalue weighted by atomic mass is 32.2. The van der Waals surface area contributed by atoms with E-state index in [4.69, 9.17) is 5.73 Å².